The second-order valence-corrected chi connectivity index (χ2v) is 2.13. The summed E-state index contributed by atoms with van der Waals surface area (Å²) in [4.78, 5) is 0. The largest absolute Gasteiger partial charge is 0.356 e. The lowest BCUT2D eigenvalue weighted by Gasteiger charge is -2.05. The first-order valence-corrected chi connectivity index (χ1v) is 5.79. The van der Waals surface area contributed by atoms with Gasteiger partial charge in [0.15, 0.2) is 0 Å². The Kier molecular flexibility index (Phi) is 23.9. The number of hydrogen-bond acceptors (Lipinski definition) is 1. The first-order chi connectivity index (χ1) is 7.78. The van der Waals surface area contributed by atoms with Crippen LogP contribution in [0.4, 0.5) is 0 Å². The van der Waals surface area contributed by atoms with E-state index in [1.807, 2.05) is 46.8 Å². The molecule has 1 N–H and O–H groups in total. The van der Waals surface area contributed by atoms with Gasteiger partial charge in [0.05, 0.1) is 0 Å². The van der Waals surface area contributed by atoms with Crippen LogP contribution in [0.2, 0.25) is 0 Å². The molecule has 92 valence electrons. The van der Waals surface area contributed by atoms with Crippen LogP contribution in [0.25, 0.3) is 0 Å². The molecule has 16 heavy (non-hydrogen) atoms. The second kappa shape index (κ2) is 19.1. The predicted molar refractivity (Wildman–Crippen MR) is 78.3 cm³/mol. The zero-order valence-electron chi connectivity index (χ0n) is 11.5. The topological polar surface area (TPSA) is 12.0 Å². The fourth-order valence-corrected chi connectivity index (χ4v) is 0.695. The third-order valence-electron chi connectivity index (χ3n) is 1.34. The quantitative estimate of drug-likeness (QED) is 0.646. The summed E-state index contributed by atoms with van der Waals surface area (Å²) in [7, 11) is 0. The summed E-state index contributed by atoms with van der Waals surface area (Å²) in [6.45, 7) is 20.9. The number of hydrogen-bond donors (Lipinski definition) is 1. The standard InChI is InChI=1S/C11H15N.2C2H6/c1-5-9-11(8-4)12-10(6-2)7-3;2*1-2/h5-9,12H,1-2,4H2,3H3;2*1-2H3/b10-7+,11-9+;;. The molecule has 0 saturated heterocycles. The Morgan fingerprint density at radius 3 is 1.56 bits per heavy atom. The molecule has 0 atom stereocenters. The second-order valence-electron chi connectivity index (χ2n) is 2.13. The van der Waals surface area contributed by atoms with Crippen molar-refractivity contribution in [2.24, 2.45) is 0 Å². The van der Waals surface area contributed by atoms with Gasteiger partial charge in [0.2, 0.25) is 0 Å². The van der Waals surface area contributed by atoms with Crippen molar-refractivity contribution in [3.05, 3.63) is 61.5 Å². The third-order valence-corrected chi connectivity index (χ3v) is 1.34. The molecule has 0 radical (unpaired) electrons. The molecule has 0 spiro atoms. The molecule has 0 rings (SSSR count). The van der Waals surface area contributed by atoms with E-state index >= 15 is 0 Å². The van der Waals surface area contributed by atoms with E-state index in [0.717, 1.165) is 11.4 Å². The van der Waals surface area contributed by atoms with E-state index in [4.69, 9.17) is 0 Å². The van der Waals surface area contributed by atoms with Gasteiger partial charge in [-0.2, -0.15) is 0 Å². The summed E-state index contributed by atoms with van der Waals surface area (Å²) >= 11 is 0. The van der Waals surface area contributed by atoms with Crippen molar-refractivity contribution in [2.45, 2.75) is 34.6 Å². The lowest BCUT2D eigenvalue weighted by molar-refractivity contribution is 1.04. The van der Waals surface area contributed by atoms with Crippen LogP contribution in [0.3, 0.4) is 0 Å². The fourth-order valence-electron chi connectivity index (χ4n) is 0.695. The molecule has 0 unspecified atom stereocenters. The van der Waals surface area contributed by atoms with Crippen LogP contribution in [0.1, 0.15) is 34.6 Å². The van der Waals surface area contributed by atoms with Crippen LogP contribution >= 0.6 is 0 Å². The molecular formula is C15H27N. The number of nitrogens with one attached hydrogen (secondary N) is 1. The van der Waals surface area contributed by atoms with Crippen LogP contribution in [0.15, 0.2) is 61.5 Å². The van der Waals surface area contributed by atoms with Gasteiger partial charge in [0.25, 0.3) is 0 Å². The van der Waals surface area contributed by atoms with Crippen LogP contribution in [0, 0.1) is 0 Å². The van der Waals surface area contributed by atoms with E-state index in [1.165, 1.54) is 0 Å². The minimum absolute atomic E-state index is 0.915. The van der Waals surface area contributed by atoms with Crippen molar-refractivity contribution in [3.8, 4) is 0 Å². The van der Waals surface area contributed by atoms with E-state index in [1.54, 1.807) is 18.2 Å². The van der Waals surface area contributed by atoms with Crippen LogP contribution in [-0.4, -0.2) is 0 Å². The van der Waals surface area contributed by atoms with E-state index in [-0.39, 0.29) is 0 Å². The van der Waals surface area contributed by atoms with Crippen LogP contribution in [-0.2, 0) is 0 Å². The summed E-state index contributed by atoms with van der Waals surface area (Å²) in [6, 6.07) is 0. The Balaban J connectivity index is -0.000000376. The van der Waals surface area contributed by atoms with Gasteiger partial charge >= 0.3 is 0 Å². The molecule has 0 aliphatic rings. The highest BCUT2D eigenvalue weighted by molar-refractivity contribution is 5.27. The van der Waals surface area contributed by atoms with Crippen molar-refractivity contribution < 1.29 is 0 Å². The first-order valence-electron chi connectivity index (χ1n) is 5.79. The van der Waals surface area contributed by atoms with Gasteiger partial charge < -0.3 is 5.32 Å². The lowest BCUT2D eigenvalue weighted by Crippen LogP contribution is -2.08. The zero-order chi connectivity index (χ0) is 13.4. The normalized spacial score (nSPS) is 9.81. The molecule has 0 aliphatic heterocycles. The highest BCUT2D eigenvalue weighted by atomic mass is 14.9. The Morgan fingerprint density at radius 2 is 1.31 bits per heavy atom. The van der Waals surface area contributed by atoms with Gasteiger partial charge in [-0.25, -0.2) is 0 Å². The fraction of sp³-hybridized carbons (Fsp3) is 0.333. The molecule has 0 saturated carbocycles. The lowest BCUT2D eigenvalue weighted by atomic mass is 10.3. The summed E-state index contributed by atoms with van der Waals surface area (Å²) in [5.41, 5.74) is 1.88. The first kappa shape index (κ1) is 20.0. The molecule has 0 aromatic rings. The average molecular weight is 221 g/mol. The molecule has 0 bridgehead atoms. The van der Waals surface area contributed by atoms with E-state index in [9.17, 15) is 0 Å². The maximum absolute atomic E-state index is 3.66. The summed E-state index contributed by atoms with van der Waals surface area (Å²) in [5, 5.41) is 3.12. The predicted octanol–water partition coefficient (Wildman–Crippen LogP) is 4.97. The van der Waals surface area contributed by atoms with Crippen molar-refractivity contribution in [1.29, 1.82) is 0 Å². The Hall–Kier alpha value is -1.50. The van der Waals surface area contributed by atoms with Crippen molar-refractivity contribution in [2.75, 3.05) is 0 Å². The van der Waals surface area contributed by atoms with E-state index in [0.29, 0.717) is 0 Å². The van der Waals surface area contributed by atoms with Gasteiger partial charge in [0, 0.05) is 11.4 Å². The van der Waals surface area contributed by atoms with Gasteiger partial charge in [-0.1, -0.05) is 59.6 Å². The number of allylic oxidation sites excluding steroid dienone is 5. The Bertz CT molecular complexity index is 232. The van der Waals surface area contributed by atoms with Crippen LogP contribution in [0.5, 0.6) is 0 Å². The molecule has 1 heteroatoms. The average Bonchev–Trinajstić information content (AvgIpc) is 2.39. The number of rotatable bonds is 5. The SMILES string of the molecule is C=C/C=C(\C=C)N/C(C=C)=C/C.CC.CC. The molecule has 0 fully saturated rings. The highest BCUT2D eigenvalue weighted by Crippen LogP contribution is 1.97. The Morgan fingerprint density at radius 1 is 0.875 bits per heavy atom. The minimum Gasteiger partial charge on any atom is -0.356 e. The molecule has 0 aromatic heterocycles. The van der Waals surface area contributed by atoms with Crippen molar-refractivity contribution in [1.82, 2.24) is 5.32 Å². The summed E-state index contributed by atoms with van der Waals surface area (Å²) in [5.74, 6) is 0. The van der Waals surface area contributed by atoms with E-state index in [2.05, 4.69) is 25.1 Å². The van der Waals surface area contributed by atoms with Gasteiger partial charge in [-0.3, -0.25) is 0 Å². The molecule has 0 heterocycles. The third kappa shape index (κ3) is 12.5. The molecular weight excluding hydrogens is 194 g/mol. The van der Waals surface area contributed by atoms with Gasteiger partial charge in [-0.15, -0.1) is 0 Å². The zero-order valence-corrected chi connectivity index (χ0v) is 11.5. The molecule has 1 nitrogen and oxygen atoms in total. The van der Waals surface area contributed by atoms with E-state index < -0.39 is 0 Å². The molecule has 0 aromatic carbocycles. The van der Waals surface area contributed by atoms with Gasteiger partial charge in [-0.05, 0) is 25.2 Å². The van der Waals surface area contributed by atoms with Crippen molar-refractivity contribution >= 4 is 0 Å². The summed E-state index contributed by atoms with van der Waals surface area (Å²) < 4.78 is 0. The highest BCUT2D eigenvalue weighted by Gasteiger charge is 1.89. The maximum atomic E-state index is 3.66. The minimum atomic E-state index is 0.915. The molecule has 0 amide bonds. The van der Waals surface area contributed by atoms with Crippen molar-refractivity contribution in [3.63, 3.8) is 0 Å². The smallest absolute Gasteiger partial charge is 0.0377 e. The van der Waals surface area contributed by atoms with Crippen LogP contribution < -0.4 is 5.32 Å². The molecule has 0 aliphatic carbocycles. The summed E-state index contributed by atoms with van der Waals surface area (Å²) in [6.07, 6.45) is 8.98. The Labute approximate surface area is 102 Å². The maximum Gasteiger partial charge on any atom is 0.0377 e. The van der Waals surface area contributed by atoms with Gasteiger partial charge in [0.1, 0.15) is 0 Å². The monoisotopic (exact) mass is 221 g/mol.